The van der Waals surface area contributed by atoms with Gasteiger partial charge in [-0.15, -0.1) is 24.0 Å². The molecule has 0 saturated carbocycles. The normalized spacial score (nSPS) is 10.8. The Morgan fingerprint density at radius 2 is 1.83 bits per heavy atom. The van der Waals surface area contributed by atoms with Gasteiger partial charge in [-0.25, -0.2) is 4.99 Å². The highest BCUT2D eigenvalue weighted by atomic mass is 127. The molecule has 0 fully saturated rings. The van der Waals surface area contributed by atoms with Crippen molar-refractivity contribution in [2.45, 2.75) is 26.3 Å². The number of benzene rings is 2. The molecule has 166 valence electrons. The summed E-state index contributed by atoms with van der Waals surface area (Å²) in [6.45, 7) is 5.58. The molecule has 30 heavy (non-hydrogen) atoms. The molecule has 2 aromatic carbocycles. The van der Waals surface area contributed by atoms with Crippen molar-refractivity contribution in [1.29, 1.82) is 0 Å². The van der Waals surface area contributed by atoms with E-state index in [1.54, 1.807) is 14.2 Å². The molecular formula is C23H34IN3O3. The Balaban J connectivity index is 0.00000450. The van der Waals surface area contributed by atoms with Gasteiger partial charge in [0.05, 0.1) is 20.3 Å². The number of rotatable bonds is 12. The van der Waals surface area contributed by atoms with Gasteiger partial charge >= 0.3 is 0 Å². The molecular weight excluding hydrogens is 493 g/mol. The number of hydrogen-bond donors (Lipinski definition) is 2. The number of nitrogens with zero attached hydrogens (tertiary/aromatic N) is 1. The first-order chi connectivity index (χ1) is 14.3. The van der Waals surface area contributed by atoms with E-state index in [4.69, 9.17) is 19.2 Å². The molecule has 0 amide bonds. The van der Waals surface area contributed by atoms with Crippen LogP contribution in [0.3, 0.4) is 0 Å². The van der Waals surface area contributed by atoms with Crippen LogP contribution in [0.4, 0.5) is 0 Å². The molecule has 0 radical (unpaired) electrons. The van der Waals surface area contributed by atoms with Crippen LogP contribution in [0.1, 0.15) is 24.5 Å². The second-order valence-electron chi connectivity index (χ2n) is 6.53. The average molecular weight is 527 g/mol. The minimum absolute atomic E-state index is 0. The fourth-order valence-corrected chi connectivity index (χ4v) is 2.86. The maximum Gasteiger partial charge on any atom is 0.191 e. The second-order valence-corrected chi connectivity index (χ2v) is 6.53. The summed E-state index contributed by atoms with van der Waals surface area (Å²) in [6.07, 6.45) is 1.73. The van der Waals surface area contributed by atoms with Crippen LogP contribution in [0.15, 0.2) is 53.5 Å². The summed E-state index contributed by atoms with van der Waals surface area (Å²) in [5, 5.41) is 6.69. The first-order valence-electron chi connectivity index (χ1n) is 10.1. The molecule has 0 aliphatic rings. The maximum atomic E-state index is 5.77. The Labute approximate surface area is 197 Å². The van der Waals surface area contributed by atoms with Gasteiger partial charge in [-0.3, -0.25) is 0 Å². The summed E-state index contributed by atoms with van der Waals surface area (Å²) in [5.41, 5.74) is 2.29. The van der Waals surface area contributed by atoms with E-state index in [2.05, 4.69) is 29.7 Å². The number of para-hydroxylation sites is 1. The molecule has 0 bridgehead atoms. The summed E-state index contributed by atoms with van der Waals surface area (Å²) < 4.78 is 16.2. The maximum absolute atomic E-state index is 5.77. The van der Waals surface area contributed by atoms with Crippen molar-refractivity contribution in [3.63, 3.8) is 0 Å². The Hall–Kier alpha value is -2.00. The highest BCUT2D eigenvalue weighted by Gasteiger charge is 2.03. The van der Waals surface area contributed by atoms with Crippen LogP contribution in [0.25, 0.3) is 0 Å². The Morgan fingerprint density at radius 3 is 2.60 bits per heavy atom. The highest BCUT2D eigenvalue weighted by molar-refractivity contribution is 14.0. The third kappa shape index (κ3) is 9.67. The van der Waals surface area contributed by atoms with Crippen molar-refractivity contribution in [3.8, 4) is 11.5 Å². The fraction of sp³-hybridized carbons (Fsp3) is 0.435. The van der Waals surface area contributed by atoms with Gasteiger partial charge in [0.1, 0.15) is 11.5 Å². The van der Waals surface area contributed by atoms with Crippen LogP contribution in [0.2, 0.25) is 0 Å². The van der Waals surface area contributed by atoms with Crippen LogP contribution in [0, 0.1) is 0 Å². The minimum Gasteiger partial charge on any atom is -0.496 e. The molecule has 7 heteroatoms. The van der Waals surface area contributed by atoms with Gasteiger partial charge in [-0.1, -0.05) is 30.3 Å². The standard InChI is InChI=1S/C23H33N3O3.HI/c1-4-24-23(25-14-13-20-10-5-6-12-22(20)28-3)26-18-19-9-7-11-21(17-19)29-16-8-15-27-2;/h5-7,9-12,17H,4,8,13-16,18H2,1-3H3,(H2,24,25,26);1H. The lowest BCUT2D eigenvalue weighted by Gasteiger charge is -2.13. The van der Waals surface area contributed by atoms with E-state index >= 15 is 0 Å². The zero-order valence-electron chi connectivity index (χ0n) is 18.1. The molecule has 6 nitrogen and oxygen atoms in total. The second kappa shape index (κ2) is 15.8. The van der Waals surface area contributed by atoms with Gasteiger partial charge in [0.15, 0.2) is 5.96 Å². The number of halogens is 1. The van der Waals surface area contributed by atoms with Crippen LogP contribution in [-0.2, 0) is 17.7 Å². The summed E-state index contributed by atoms with van der Waals surface area (Å²) in [6, 6.07) is 16.1. The van der Waals surface area contributed by atoms with E-state index < -0.39 is 0 Å². The number of aliphatic imine (C=N–C) groups is 1. The summed E-state index contributed by atoms with van der Waals surface area (Å²) in [7, 11) is 3.40. The monoisotopic (exact) mass is 527 g/mol. The molecule has 0 heterocycles. The summed E-state index contributed by atoms with van der Waals surface area (Å²) in [5.74, 6) is 2.58. The fourth-order valence-electron chi connectivity index (χ4n) is 2.86. The van der Waals surface area contributed by atoms with Crippen molar-refractivity contribution in [2.75, 3.05) is 40.5 Å². The van der Waals surface area contributed by atoms with E-state index in [-0.39, 0.29) is 24.0 Å². The zero-order valence-corrected chi connectivity index (χ0v) is 20.5. The van der Waals surface area contributed by atoms with E-state index in [0.717, 1.165) is 49.0 Å². The average Bonchev–Trinajstić information content (AvgIpc) is 2.75. The Morgan fingerprint density at radius 1 is 1.00 bits per heavy atom. The SMILES string of the molecule is CCNC(=NCc1cccc(OCCCOC)c1)NCCc1ccccc1OC.I. The number of hydrogen-bond acceptors (Lipinski definition) is 4. The van der Waals surface area contributed by atoms with Crippen molar-refractivity contribution in [3.05, 3.63) is 59.7 Å². The van der Waals surface area contributed by atoms with Gasteiger partial charge in [0, 0.05) is 33.2 Å². The van der Waals surface area contributed by atoms with E-state index in [9.17, 15) is 0 Å². The van der Waals surface area contributed by atoms with Gasteiger partial charge in [-0.2, -0.15) is 0 Å². The number of nitrogens with one attached hydrogen (secondary N) is 2. The first kappa shape index (κ1) is 26.0. The number of methoxy groups -OCH3 is 2. The zero-order chi connectivity index (χ0) is 20.7. The molecule has 0 spiro atoms. The van der Waals surface area contributed by atoms with Gasteiger partial charge in [-0.05, 0) is 42.7 Å². The van der Waals surface area contributed by atoms with Gasteiger partial charge in [0.25, 0.3) is 0 Å². The van der Waals surface area contributed by atoms with E-state index in [1.165, 1.54) is 5.56 Å². The molecule has 0 atom stereocenters. The topological polar surface area (TPSA) is 64.1 Å². The Bertz CT molecular complexity index is 756. The molecule has 2 N–H and O–H groups in total. The van der Waals surface area contributed by atoms with Crippen LogP contribution in [-0.4, -0.2) is 46.5 Å². The number of guanidine groups is 1. The Kier molecular flexibility index (Phi) is 13.7. The third-order valence-corrected chi connectivity index (χ3v) is 4.30. The van der Waals surface area contributed by atoms with Gasteiger partial charge in [0.2, 0.25) is 0 Å². The van der Waals surface area contributed by atoms with Gasteiger partial charge < -0.3 is 24.8 Å². The van der Waals surface area contributed by atoms with Crippen molar-refractivity contribution in [1.82, 2.24) is 10.6 Å². The summed E-state index contributed by atoms with van der Waals surface area (Å²) >= 11 is 0. The molecule has 0 aliphatic carbocycles. The quantitative estimate of drug-likeness (QED) is 0.189. The van der Waals surface area contributed by atoms with Crippen molar-refractivity contribution in [2.24, 2.45) is 4.99 Å². The highest BCUT2D eigenvalue weighted by Crippen LogP contribution is 2.17. The number of ether oxygens (including phenoxy) is 3. The smallest absolute Gasteiger partial charge is 0.191 e. The lowest BCUT2D eigenvalue weighted by molar-refractivity contribution is 0.172. The van der Waals surface area contributed by atoms with Crippen LogP contribution < -0.4 is 20.1 Å². The largest absolute Gasteiger partial charge is 0.496 e. The lowest BCUT2D eigenvalue weighted by Crippen LogP contribution is -2.38. The minimum atomic E-state index is 0. The molecule has 2 aromatic rings. The first-order valence-corrected chi connectivity index (χ1v) is 10.1. The third-order valence-electron chi connectivity index (χ3n) is 4.30. The molecule has 0 aliphatic heterocycles. The molecule has 2 rings (SSSR count). The lowest BCUT2D eigenvalue weighted by atomic mass is 10.1. The molecule has 0 saturated heterocycles. The predicted molar refractivity (Wildman–Crippen MR) is 133 cm³/mol. The predicted octanol–water partition coefficient (Wildman–Crippen LogP) is 4.03. The van der Waals surface area contributed by atoms with Crippen molar-refractivity contribution >= 4 is 29.9 Å². The van der Waals surface area contributed by atoms with Crippen molar-refractivity contribution < 1.29 is 14.2 Å². The van der Waals surface area contributed by atoms with Crippen LogP contribution >= 0.6 is 24.0 Å². The van der Waals surface area contributed by atoms with E-state index in [1.807, 2.05) is 36.4 Å². The molecule has 0 aromatic heterocycles. The summed E-state index contributed by atoms with van der Waals surface area (Å²) in [4.78, 5) is 4.70. The van der Waals surface area contributed by atoms with Crippen LogP contribution in [0.5, 0.6) is 11.5 Å². The van der Waals surface area contributed by atoms with E-state index in [0.29, 0.717) is 19.8 Å². The molecule has 0 unspecified atom stereocenters.